The van der Waals surface area contributed by atoms with Crippen LogP contribution in [0.3, 0.4) is 0 Å². The Morgan fingerprint density at radius 1 is 0.369 bits per heavy atom. The van der Waals surface area contributed by atoms with Crippen molar-refractivity contribution in [2.45, 2.75) is 217 Å². The second kappa shape index (κ2) is 71.1. The molecule has 2 unspecified atom stereocenters. The summed E-state index contributed by atoms with van der Waals surface area (Å²) in [7, 11) is 18.5. The first-order valence-corrected chi connectivity index (χ1v) is 45.6. The Morgan fingerprint density at radius 2 is 0.677 bits per heavy atom. The maximum Gasteiger partial charge on any atom is 0.265 e. The number of hydrogen-bond donors (Lipinski definition) is 2. The SMILES string of the molecule is CCC(C)Oc1ccc(C)cc1OCCCOC.CNC(=O)C(C)Oc1ccc(C)cc1OCCCOC.COCCCOc1cc(C)cc(O)c1.COCCCOc1cc(C)cc(OC(C)C)c1.COCCCOc1cc(C)cc(OC2CCCCC2)c1.COCCCOc1cc(C)cc(OCCCOC)c1.COCCCOc1cc(C)ccc1OC(C)(C)C(=O)N(C)C. The van der Waals surface area contributed by atoms with Gasteiger partial charge in [0.15, 0.2) is 46.2 Å². The van der Waals surface area contributed by atoms with E-state index in [0.717, 1.165) is 145 Å². The number of carbonyl (C=O) groups excluding carboxylic acids is 2. The van der Waals surface area contributed by atoms with Crippen LogP contribution in [0.15, 0.2) is 127 Å². The van der Waals surface area contributed by atoms with E-state index < -0.39 is 11.7 Å². The lowest BCUT2D eigenvalue weighted by Crippen LogP contribution is -2.45. The molecule has 1 fully saturated rings. The first-order chi connectivity index (χ1) is 62.4. The van der Waals surface area contributed by atoms with Crippen molar-refractivity contribution >= 4 is 11.8 Å². The van der Waals surface area contributed by atoms with E-state index in [4.69, 9.17) is 99.5 Å². The summed E-state index contributed by atoms with van der Waals surface area (Å²) in [5.74, 6) is 10.0. The summed E-state index contributed by atoms with van der Waals surface area (Å²) < 4.78 is 114. The molecule has 0 bridgehead atoms. The minimum Gasteiger partial charge on any atom is -0.508 e. The molecule has 1 aliphatic carbocycles. The van der Waals surface area contributed by atoms with Gasteiger partial charge in [0.2, 0.25) is 0 Å². The van der Waals surface area contributed by atoms with Gasteiger partial charge in [0.05, 0.1) is 71.2 Å². The Labute approximate surface area is 779 Å². The molecule has 26 heteroatoms. The number of rotatable bonds is 53. The number of benzene rings is 7. The molecule has 2 N–H and O–H groups in total. The van der Waals surface area contributed by atoms with Gasteiger partial charge in [-0.1, -0.05) is 31.5 Å². The summed E-state index contributed by atoms with van der Waals surface area (Å²) in [5, 5.41) is 11.8. The van der Waals surface area contributed by atoms with E-state index in [9.17, 15) is 14.7 Å². The summed E-state index contributed by atoms with van der Waals surface area (Å²) in [5.41, 5.74) is 6.82. The zero-order valence-electron chi connectivity index (χ0n) is 83.4. The summed E-state index contributed by atoms with van der Waals surface area (Å²) in [6, 6.07) is 40.6. The lowest BCUT2D eigenvalue weighted by molar-refractivity contribution is -0.142. The van der Waals surface area contributed by atoms with Gasteiger partial charge in [0.25, 0.3) is 11.8 Å². The number of aromatic hydroxyl groups is 1. The molecule has 732 valence electrons. The fourth-order valence-electron chi connectivity index (χ4n) is 12.3. The topological polar surface area (TPSA) is 263 Å². The number of nitrogens with one attached hydrogen (secondary N) is 1. The average molecular weight is 1820 g/mol. The minimum atomic E-state index is -0.955. The van der Waals surface area contributed by atoms with Gasteiger partial charge in [0, 0.05) is 207 Å². The summed E-state index contributed by atoms with van der Waals surface area (Å²) in [4.78, 5) is 25.2. The third-order valence-electron chi connectivity index (χ3n) is 18.8. The van der Waals surface area contributed by atoms with Crippen LogP contribution in [0.5, 0.6) is 80.5 Å². The number of ether oxygens (including phenoxy) is 21. The number of amides is 2. The van der Waals surface area contributed by atoms with Crippen LogP contribution in [0, 0.1) is 48.5 Å². The van der Waals surface area contributed by atoms with E-state index in [1.165, 1.54) is 48.1 Å². The van der Waals surface area contributed by atoms with Crippen LogP contribution in [0.4, 0.5) is 0 Å². The predicted octanol–water partition coefficient (Wildman–Crippen LogP) is 20.4. The number of hydrogen-bond acceptors (Lipinski definition) is 24. The zero-order chi connectivity index (χ0) is 96.3. The van der Waals surface area contributed by atoms with Crippen molar-refractivity contribution in [3.05, 3.63) is 166 Å². The zero-order valence-corrected chi connectivity index (χ0v) is 83.4. The van der Waals surface area contributed by atoms with E-state index in [0.29, 0.717) is 127 Å². The van der Waals surface area contributed by atoms with Crippen molar-refractivity contribution in [1.29, 1.82) is 0 Å². The lowest BCUT2D eigenvalue weighted by atomic mass is 9.98. The van der Waals surface area contributed by atoms with Crippen molar-refractivity contribution < 1.29 is 114 Å². The Bertz CT molecular complexity index is 4040. The fraction of sp³-hybridized carbons (Fsp3) is 0.577. The van der Waals surface area contributed by atoms with Crippen molar-refractivity contribution in [1.82, 2.24) is 10.2 Å². The highest BCUT2D eigenvalue weighted by molar-refractivity contribution is 5.84. The molecule has 0 aromatic heterocycles. The molecule has 1 aliphatic rings. The number of likely N-dealkylation sites (N-methyl/N-ethyl adjacent to an activating group) is 2. The van der Waals surface area contributed by atoms with Gasteiger partial charge in [-0.2, -0.15) is 0 Å². The smallest absolute Gasteiger partial charge is 0.265 e. The highest BCUT2D eigenvalue weighted by Gasteiger charge is 2.33. The molecule has 0 heterocycles. The Morgan fingerprint density at radius 3 is 1.02 bits per heavy atom. The van der Waals surface area contributed by atoms with Gasteiger partial charge in [-0.05, 0) is 246 Å². The van der Waals surface area contributed by atoms with Gasteiger partial charge in [0.1, 0.15) is 46.0 Å². The van der Waals surface area contributed by atoms with Gasteiger partial charge >= 0.3 is 0 Å². The molecule has 26 nitrogen and oxygen atoms in total. The molecule has 0 saturated heterocycles. The standard InChI is InChI=1S/C17H27NO4.C17H26O3.C15H23NO4.C15H24O4.C15H24O3.C14H22O3.C11H16O3/c1-13-8-9-14(15(12-13)21-11-7-10-20-6)22-17(2,3)16(19)18(4)5;1-14-11-16(19-10-6-9-18-2)13-17(12-14)20-15-7-4-3-5-8-15;1-11-6-7-13(20-12(2)15(17)16-3)14(10-11)19-9-5-8-18-4;1-13-10-14(18-8-4-6-16-2)12-15(11-13)19-9-5-7-17-3;1-5-13(3)18-14-8-7-12(2)11-15(14)17-10-6-9-16-4;1-11(2)17-14-9-12(3)8-13(10-14)16-7-5-6-15-4;1-9-6-10(12)8-11(7-9)14-5-3-4-13-2/h8-9,12H,7,10-11H2,1-6H3;11-13,15H,3-10H2,1-2H3;6-7,10,12H,5,8-9H2,1-4H3,(H,16,17);10-12H,4-9H2,1-3H3;7-8,11,13H,5-6,9-10H2,1-4H3;8-11H,5-7H2,1-4H3;6-8,12H,3-5H2,1-2H3. The van der Waals surface area contributed by atoms with Crippen LogP contribution in [0.25, 0.3) is 0 Å². The number of nitrogens with zero attached hydrogens (tertiary/aromatic N) is 1. The Balaban J connectivity index is 0.000000515. The van der Waals surface area contributed by atoms with Crippen molar-refractivity contribution in [2.24, 2.45) is 0 Å². The first-order valence-electron chi connectivity index (χ1n) is 45.6. The van der Waals surface area contributed by atoms with E-state index in [1.807, 2.05) is 152 Å². The van der Waals surface area contributed by atoms with Crippen LogP contribution >= 0.6 is 0 Å². The maximum absolute atomic E-state index is 12.2. The molecule has 1 saturated carbocycles. The number of phenolic OH excluding ortho intramolecular Hbond substituents is 1. The quantitative estimate of drug-likeness (QED) is 0.0336. The first kappa shape index (κ1) is 116. The van der Waals surface area contributed by atoms with E-state index in [2.05, 4.69) is 45.1 Å². The van der Waals surface area contributed by atoms with E-state index in [-0.39, 0.29) is 29.8 Å². The molecule has 0 radical (unpaired) electrons. The van der Waals surface area contributed by atoms with Gasteiger partial charge in [-0.3, -0.25) is 9.59 Å². The molecule has 130 heavy (non-hydrogen) atoms. The highest BCUT2D eigenvalue weighted by atomic mass is 16.6. The normalized spacial score (nSPS) is 11.9. The highest BCUT2D eigenvalue weighted by Crippen LogP contribution is 2.35. The van der Waals surface area contributed by atoms with Crippen LogP contribution in [0.2, 0.25) is 0 Å². The van der Waals surface area contributed by atoms with Crippen LogP contribution in [0.1, 0.15) is 177 Å². The summed E-state index contributed by atoms with van der Waals surface area (Å²) in [6.07, 6.45) is 14.4. The molecular formula is C104H162N2O24. The third kappa shape index (κ3) is 54.9. The molecule has 8 rings (SSSR count). The number of phenols is 1. The number of carbonyl (C=O) groups is 2. The van der Waals surface area contributed by atoms with Crippen molar-refractivity contribution in [3.63, 3.8) is 0 Å². The molecule has 7 aromatic carbocycles. The Kier molecular flexibility index (Phi) is 63.7. The predicted molar refractivity (Wildman–Crippen MR) is 517 cm³/mol. The summed E-state index contributed by atoms with van der Waals surface area (Å²) >= 11 is 0. The second-order valence-corrected chi connectivity index (χ2v) is 32.4. The van der Waals surface area contributed by atoms with E-state index in [1.54, 1.807) is 111 Å². The molecule has 2 atom stereocenters. The number of methoxy groups -OCH3 is 8. The van der Waals surface area contributed by atoms with Crippen molar-refractivity contribution in [2.75, 3.05) is 184 Å². The molecule has 0 aliphatic heterocycles. The maximum atomic E-state index is 12.2. The average Bonchev–Trinajstić information content (AvgIpc) is 0.821. The molecular weight excluding hydrogens is 1660 g/mol. The number of aryl methyl sites for hydroxylation is 7. The molecule has 0 spiro atoms. The second-order valence-electron chi connectivity index (χ2n) is 32.4. The van der Waals surface area contributed by atoms with E-state index >= 15 is 0 Å². The van der Waals surface area contributed by atoms with Crippen molar-refractivity contribution in [3.8, 4) is 80.5 Å². The van der Waals surface area contributed by atoms with Crippen LogP contribution in [-0.2, 0) is 47.5 Å². The van der Waals surface area contributed by atoms with Crippen LogP contribution < -0.4 is 66.9 Å². The van der Waals surface area contributed by atoms with Crippen LogP contribution in [-0.4, -0.2) is 236 Å². The Hall–Kier alpha value is -9.64. The molecule has 7 aromatic rings. The lowest BCUT2D eigenvalue weighted by Gasteiger charge is -2.29. The van der Waals surface area contributed by atoms with Gasteiger partial charge in [-0.15, -0.1) is 0 Å². The monoisotopic (exact) mass is 1820 g/mol. The van der Waals surface area contributed by atoms with Gasteiger partial charge < -0.3 is 115 Å². The minimum absolute atomic E-state index is 0.0987. The fourth-order valence-corrected chi connectivity index (χ4v) is 12.3. The van der Waals surface area contributed by atoms with Gasteiger partial charge in [-0.25, -0.2) is 0 Å². The summed E-state index contributed by atoms with van der Waals surface area (Å²) in [6.45, 7) is 38.1. The third-order valence-corrected chi connectivity index (χ3v) is 18.8. The largest absolute Gasteiger partial charge is 0.508 e. The molecule has 2 amide bonds.